The van der Waals surface area contributed by atoms with Crippen LogP contribution in [-0.4, -0.2) is 0 Å². The van der Waals surface area contributed by atoms with Crippen LogP contribution in [0.4, 0.5) is 5.69 Å². The monoisotopic (exact) mass is 205 g/mol. The summed E-state index contributed by atoms with van der Waals surface area (Å²) in [5.74, 6) is 0. The van der Waals surface area contributed by atoms with E-state index in [2.05, 4.69) is 6.07 Å². The Hall–Kier alpha value is -0.981. The van der Waals surface area contributed by atoms with E-state index in [0.717, 1.165) is 11.1 Å². The maximum Gasteiger partial charge on any atom is 1.00 e. The Balaban J connectivity index is 0.000000720. The van der Waals surface area contributed by atoms with Crippen LogP contribution in [0.1, 0.15) is 0 Å². The summed E-state index contributed by atoms with van der Waals surface area (Å²) in [5, 5.41) is 0. The van der Waals surface area contributed by atoms with Crippen molar-refractivity contribution in [3.05, 3.63) is 42.5 Å². The largest absolute Gasteiger partial charge is 1.00 e. The van der Waals surface area contributed by atoms with Crippen molar-refractivity contribution in [3.8, 4) is 11.1 Å². The third-order valence-electron chi connectivity index (χ3n) is 1.66. The summed E-state index contributed by atoms with van der Waals surface area (Å²) in [6.07, 6.45) is 0. The second-order valence-corrected chi connectivity index (χ2v) is 2.50. The number of nitrogen functional groups attached to an aromatic ring is 1. The van der Waals surface area contributed by atoms with Crippen molar-refractivity contribution in [1.82, 2.24) is 0 Å². The zero-order valence-electron chi connectivity index (χ0n) is 6.34. The van der Waals surface area contributed by atoms with Crippen LogP contribution in [-0.2, 0) is 17.1 Å². The number of hydrogen-bond acceptors (Lipinski definition) is 1. The number of hydrogen-bond donors (Lipinski definition) is 1. The van der Waals surface area contributed by atoms with Crippen molar-refractivity contribution in [2.24, 2.45) is 0 Å². The summed E-state index contributed by atoms with van der Waals surface area (Å²) in [6, 6.07) is 15.0. The van der Waals surface area contributed by atoms with Crippen LogP contribution in [0.25, 0.3) is 11.1 Å². The van der Waals surface area contributed by atoms with Gasteiger partial charge in [-0.15, -0.1) is 41.5 Å². The van der Waals surface area contributed by atoms with Crippen LogP contribution in [0.3, 0.4) is 0 Å². The van der Waals surface area contributed by atoms with Crippen LogP contribution >= 0.6 is 0 Å². The Morgan fingerprint density at radius 1 is 1.08 bits per heavy atom. The smallest absolute Gasteiger partial charge is 0.415 e. The fourth-order valence-electron chi connectivity index (χ4n) is 1.16. The minimum Gasteiger partial charge on any atom is -0.415 e. The van der Waals surface area contributed by atoms with E-state index < -0.39 is 0 Å². The first kappa shape index (κ1) is 9.11. The van der Waals surface area contributed by atoms with Gasteiger partial charge < -0.3 is 5.73 Å². The van der Waals surface area contributed by atoms with Gasteiger partial charge in [-0.2, -0.15) is 0 Å². The van der Waals surface area contributed by atoms with Gasteiger partial charge in [0.25, 0.3) is 0 Å². The summed E-state index contributed by atoms with van der Waals surface area (Å²) in [5.41, 5.74) is 8.51. The minimum absolute atomic E-state index is 0. The summed E-state index contributed by atoms with van der Waals surface area (Å²) in [7, 11) is 0. The van der Waals surface area contributed by atoms with E-state index in [9.17, 15) is 0 Å². The molecule has 1 nitrogen and oxygen atoms in total. The molecule has 0 aromatic carbocycles. The molecule has 0 aliphatic heterocycles. The van der Waals surface area contributed by atoms with Crippen molar-refractivity contribution >= 4 is 5.69 Å². The molecule has 12 heavy (non-hydrogen) atoms. The standard InChI is InChI=1S/C10H8N.Cu/c11-10-6-8-4-2-1-3-5-9(8)7-10;/h1-6H,11H2;/q-1;+1. The normalized spacial score (nSPS) is 9.33. The summed E-state index contributed by atoms with van der Waals surface area (Å²) in [6.45, 7) is 0. The van der Waals surface area contributed by atoms with E-state index in [1.165, 1.54) is 0 Å². The fourth-order valence-corrected chi connectivity index (χ4v) is 1.16. The van der Waals surface area contributed by atoms with Gasteiger partial charge in [-0.1, -0.05) is 17.8 Å². The van der Waals surface area contributed by atoms with Crippen LogP contribution in [0.2, 0.25) is 0 Å². The second-order valence-electron chi connectivity index (χ2n) is 2.50. The maximum absolute atomic E-state index is 5.58. The molecular weight excluding hydrogens is 198 g/mol. The predicted octanol–water partition coefficient (Wildman–Crippen LogP) is 2.17. The summed E-state index contributed by atoms with van der Waals surface area (Å²) in [4.78, 5) is 0. The SMILES string of the molecule is Nc1[c-]c2cccccc-2c1.[Cu+]. The van der Waals surface area contributed by atoms with Gasteiger partial charge in [0.15, 0.2) is 0 Å². The predicted molar refractivity (Wildman–Crippen MR) is 46.3 cm³/mol. The maximum atomic E-state index is 5.58. The molecule has 0 amide bonds. The van der Waals surface area contributed by atoms with Gasteiger partial charge in [-0.05, 0) is 0 Å². The van der Waals surface area contributed by atoms with E-state index in [4.69, 9.17) is 5.73 Å². The Morgan fingerprint density at radius 3 is 2.67 bits per heavy atom. The van der Waals surface area contributed by atoms with Gasteiger partial charge in [-0.25, -0.2) is 0 Å². The van der Waals surface area contributed by atoms with E-state index in [0.29, 0.717) is 5.69 Å². The molecule has 0 fully saturated rings. The molecule has 0 saturated carbocycles. The Labute approximate surface area is 82.4 Å². The van der Waals surface area contributed by atoms with Crippen molar-refractivity contribution in [3.63, 3.8) is 0 Å². The first-order valence-corrected chi connectivity index (χ1v) is 3.53. The van der Waals surface area contributed by atoms with Gasteiger partial charge in [-0.3, -0.25) is 0 Å². The fraction of sp³-hybridized carbons (Fsp3) is 0. The average Bonchev–Trinajstić information content (AvgIpc) is 2.17. The van der Waals surface area contributed by atoms with E-state index in [1.54, 1.807) is 0 Å². The number of rotatable bonds is 0. The quantitative estimate of drug-likeness (QED) is 0.518. The van der Waals surface area contributed by atoms with Crippen molar-refractivity contribution in [2.75, 3.05) is 5.73 Å². The first-order chi connectivity index (χ1) is 5.36. The van der Waals surface area contributed by atoms with Crippen LogP contribution in [0.5, 0.6) is 0 Å². The third kappa shape index (κ3) is 1.60. The Kier molecular flexibility index (Phi) is 2.74. The van der Waals surface area contributed by atoms with Crippen molar-refractivity contribution in [1.29, 1.82) is 0 Å². The summed E-state index contributed by atoms with van der Waals surface area (Å²) < 4.78 is 0. The molecular formula is C10H8CuN. The third-order valence-corrected chi connectivity index (χ3v) is 1.66. The molecule has 0 bridgehead atoms. The van der Waals surface area contributed by atoms with Crippen LogP contribution in [0.15, 0.2) is 36.4 Å². The zero-order chi connectivity index (χ0) is 7.68. The zero-order valence-corrected chi connectivity index (χ0v) is 7.28. The van der Waals surface area contributed by atoms with Gasteiger partial charge in [0, 0.05) is 0 Å². The number of nitrogens with two attached hydrogens (primary N) is 1. The molecule has 0 spiro atoms. The van der Waals surface area contributed by atoms with Gasteiger partial charge >= 0.3 is 17.1 Å². The average molecular weight is 206 g/mol. The molecule has 0 unspecified atom stereocenters. The molecule has 0 heterocycles. The molecule has 2 rings (SSSR count). The number of anilines is 1. The molecule has 64 valence electrons. The van der Waals surface area contributed by atoms with Crippen molar-refractivity contribution in [2.45, 2.75) is 0 Å². The summed E-state index contributed by atoms with van der Waals surface area (Å²) >= 11 is 0. The second kappa shape index (κ2) is 3.61. The van der Waals surface area contributed by atoms with Gasteiger partial charge in [0.05, 0.1) is 0 Å². The molecule has 2 aliphatic rings. The van der Waals surface area contributed by atoms with E-state index >= 15 is 0 Å². The van der Waals surface area contributed by atoms with E-state index in [1.807, 2.05) is 36.4 Å². The molecule has 2 N–H and O–H groups in total. The number of fused-ring (bicyclic) bond motifs is 1. The first-order valence-electron chi connectivity index (χ1n) is 3.53. The molecule has 0 aromatic rings. The topological polar surface area (TPSA) is 26.0 Å². The molecule has 2 aliphatic carbocycles. The molecule has 2 heteroatoms. The minimum atomic E-state index is 0. The molecule has 0 radical (unpaired) electrons. The van der Waals surface area contributed by atoms with Crippen molar-refractivity contribution < 1.29 is 17.1 Å². The molecule has 0 atom stereocenters. The van der Waals surface area contributed by atoms with Crippen LogP contribution < -0.4 is 5.73 Å². The molecule has 0 saturated heterocycles. The Morgan fingerprint density at radius 2 is 1.83 bits per heavy atom. The van der Waals surface area contributed by atoms with E-state index in [-0.39, 0.29) is 17.1 Å². The van der Waals surface area contributed by atoms with Crippen LogP contribution in [0, 0.1) is 6.07 Å². The van der Waals surface area contributed by atoms with Gasteiger partial charge in [0.2, 0.25) is 0 Å². The van der Waals surface area contributed by atoms with Gasteiger partial charge in [0.1, 0.15) is 0 Å². The molecule has 0 aromatic heterocycles. The Bertz CT molecular complexity index is 315.